The largest absolute Gasteiger partial charge is 0.326 e. The van der Waals surface area contributed by atoms with E-state index in [1.165, 1.54) is 16.1 Å². The molecule has 1 aromatic carbocycles. The number of carbonyl (C=O) groups is 1. The lowest BCUT2D eigenvalue weighted by Crippen LogP contribution is -2.39. The Morgan fingerprint density at radius 1 is 1.22 bits per heavy atom. The van der Waals surface area contributed by atoms with Gasteiger partial charge in [0.1, 0.15) is 0 Å². The third-order valence-electron chi connectivity index (χ3n) is 4.36. The molecule has 2 rings (SSSR count). The quantitative estimate of drug-likeness (QED) is 0.831. The number of hydrogen-bond donors (Lipinski definition) is 1. The highest BCUT2D eigenvalue weighted by Crippen LogP contribution is 2.25. The van der Waals surface area contributed by atoms with Gasteiger partial charge >= 0.3 is 0 Å². The lowest BCUT2D eigenvalue weighted by Gasteiger charge is -2.26. The molecule has 6 heteroatoms. The van der Waals surface area contributed by atoms with Crippen LogP contribution in [0.2, 0.25) is 0 Å². The van der Waals surface area contributed by atoms with Gasteiger partial charge in [-0.25, -0.2) is 8.42 Å². The van der Waals surface area contributed by atoms with Gasteiger partial charge in [-0.1, -0.05) is 31.9 Å². The first-order valence-corrected chi connectivity index (χ1v) is 10.1. The smallest absolute Gasteiger partial charge is 0.225 e. The van der Waals surface area contributed by atoms with Crippen LogP contribution in [0.4, 0.5) is 5.69 Å². The zero-order valence-corrected chi connectivity index (χ0v) is 14.7. The van der Waals surface area contributed by atoms with Crippen molar-refractivity contribution in [2.45, 2.75) is 51.5 Å². The molecule has 1 amide bonds. The van der Waals surface area contributed by atoms with Crippen LogP contribution in [-0.2, 0) is 21.2 Å². The van der Waals surface area contributed by atoms with Crippen LogP contribution in [-0.4, -0.2) is 37.5 Å². The molecule has 5 nitrogen and oxygen atoms in total. The van der Waals surface area contributed by atoms with Crippen LogP contribution in [0.5, 0.6) is 0 Å². The molecule has 0 atom stereocenters. The Balaban J connectivity index is 1.90. The van der Waals surface area contributed by atoms with Gasteiger partial charge in [-0.3, -0.25) is 4.79 Å². The summed E-state index contributed by atoms with van der Waals surface area (Å²) < 4.78 is 25.4. The SMILES string of the molecule is CCc1ccc(NC(=O)CCN(C2CCCC2)S(C)(=O)=O)cc1. The number of amides is 1. The standard InChI is InChI=1S/C17H26N2O3S/c1-3-14-8-10-15(11-9-14)18-17(20)12-13-19(23(2,21)22)16-6-4-5-7-16/h8-11,16H,3-7,12-13H2,1-2H3,(H,18,20). The Labute approximate surface area is 139 Å². The van der Waals surface area contributed by atoms with Crippen molar-refractivity contribution in [3.8, 4) is 0 Å². The third-order valence-corrected chi connectivity index (χ3v) is 5.70. The van der Waals surface area contributed by atoms with Crippen LogP contribution in [0.3, 0.4) is 0 Å². The molecule has 1 saturated carbocycles. The molecule has 1 aliphatic carbocycles. The van der Waals surface area contributed by atoms with Gasteiger partial charge in [0.25, 0.3) is 0 Å². The Morgan fingerprint density at radius 3 is 2.35 bits per heavy atom. The predicted octanol–water partition coefficient (Wildman–Crippen LogP) is 2.78. The Kier molecular flexibility index (Phi) is 6.18. The van der Waals surface area contributed by atoms with Gasteiger partial charge < -0.3 is 5.32 Å². The van der Waals surface area contributed by atoms with Crippen molar-refractivity contribution < 1.29 is 13.2 Å². The first-order chi connectivity index (χ1) is 10.9. The lowest BCUT2D eigenvalue weighted by atomic mass is 10.1. The predicted molar refractivity (Wildman–Crippen MR) is 92.9 cm³/mol. The minimum absolute atomic E-state index is 0.0571. The van der Waals surface area contributed by atoms with E-state index in [1.807, 2.05) is 24.3 Å². The van der Waals surface area contributed by atoms with Crippen LogP contribution in [0.15, 0.2) is 24.3 Å². The Hall–Kier alpha value is -1.40. The molecular formula is C17H26N2O3S. The fourth-order valence-electron chi connectivity index (χ4n) is 3.07. The van der Waals surface area contributed by atoms with E-state index in [4.69, 9.17) is 0 Å². The van der Waals surface area contributed by atoms with Crippen LogP contribution in [0, 0.1) is 0 Å². The van der Waals surface area contributed by atoms with Gasteiger partial charge in [-0.2, -0.15) is 4.31 Å². The van der Waals surface area contributed by atoms with Crippen molar-refractivity contribution in [3.05, 3.63) is 29.8 Å². The van der Waals surface area contributed by atoms with E-state index in [9.17, 15) is 13.2 Å². The molecule has 0 spiro atoms. The molecule has 0 aromatic heterocycles. The molecule has 0 saturated heterocycles. The molecule has 0 aliphatic heterocycles. The molecule has 0 bridgehead atoms. The third kappa shape index (κ3) is 5.32. The summed E-state index contributed by atoms with van der Waals surface area (Å²) in [4.78, 5) is 12.1. The van der Waals surface area contributed by atoms with Crippen LogP contribution < -0.4 is 5.32 Å². The van der Waals surface area contributed by atoms with Gasteiger partial charge in [-0.15, -0.1) is 0 Å². The van der Waals surface area contributed by atoms with E-state index in [-0.39, 0.29) is 24.9 Å². The molecule has 1 fully saturated rings. The summed E-state index contributed by atoms with van der Waals surface area (Å²) >= 11 is 0. The van der Waals surface area contributed by atoms with Crippen LogP contribution >= 0.6 is 0 Å². The van der Waals surface area contributed by atoms with Gasteiger partial charge in [0.05, 0.1) is 6.26 Å². The summed E-state index contributed by atoms with van der Waals surface area (Å²) in [6.45, 7) is 2.33. The number of anilines is 1. The molecular weight excluding hydrogens is 312 g/mol. The highest BCUT2D eigenvalue weighted by molar-refractivity contribution is 7.88. The van der Waals surface area contributed by atoms with E-state index in [0.717, 1.165) is 37.8 Å². The van der Waals surface area contributed by atoms with Gasteiger partial charge in [0, 0.05) is 24.7 Å². The zero-order chi connectivity index (χ0) is 16.9. The average Bonchev–Trinajstić information content (AvgIpc) is 3.01. The molecule has 1 aromatic rings. The lowest BCUT2D eigenvalue weighted by molar-refractivity contribution is -0.116. The second-order valence-electron chi connectivity index (χ2n) is 6.16. The summed E-state index contributed by atoms with van der Waals surface area (Å²) in [5.74, 6) is -0.152. The van der Waals surface area contributed by atoms with Crippen molar-refractivity contribution in [2.75, 3.05) is 18.1 Å². The number of hydrogen-bond acceptors (Lipinski definition) is 3. The molecule has 1 aliphatic rings. The van der Waals surface area contributed by atoms with Crippen molar-refractivity contribution >= 4 is 21.6 Å². The van der Waals surface area contributed by atoms with Gasteiger partial charge in [0.15, 0.2) is 0 Å². The van der Waals surface area contributed by atoms with Gasteiger partial charge in [-0.05, 0) is 37.0 Å². The first-order valence-electron chi connectivity index (χ1n) is 8.25. The first kappa shape index (κ1) is 17.9. The summed E-state index contributed by atoms with van der Waals surface area (Å²) in [6.07, 6.45) is 6.28. The summed E-state index contributed by atoms with van der Waals surface area (Å²) in [6, 6.07) is 7.78. The zero-order valence-electron chi connectivity index (χ0n) is 13.9. The molecule has 128 valence electrons. The van der Waals surface area contributed by atoms with E-state index >= 15 is 0 Å². The van der Waals surface area contributed by atoms with Crippen LogP contribution in [0.1, 0.15) is 44.6 Å². The number of sulfonamides is 1. The summed E-state index contributed by atoms with van der Waals surface area (Å²) in [5, 5.41) is 2.83. The maximum Gasteiger partial charge on any atom is 0.225 e. The normalized spacial score (nSPS) is 16.0. The number of aryl methyl sites for hydroxylation is 1. The second-order valence-corrected chi connectivity index (χ2v) is 8.10. The molecule has 0 radical (unpaired) electrons. The average molecular weight is 338 g/mol. The van der Waals surface area contributed by atoms with E-state index in [0.29, 0.717) is 0 Å². The maximum absolute atomic E-state index is 12.1. The Morgan fingerprint density at radius 2 is 1.83 bits per heavy atom. The second kappa shape index (κ2) is 7.93. The number of nitrogens with zero attached hydrogens (tertiary/aromatic N) is 1. The number of benzene rings is 1. The van der Waals surface area contributed by atoms with Crippen LogP contribution in [0.25, 0.3) is 0 Å². The minimum atomic E-state index is -3.27. The minimum Gasteiger partial charge on any atom is -0.326 e. The van der Waals surface area contributed by atoms with E-state index in [2.05, 4.69) is 12.2 Å². The number of rotatable bonds is 7. The Bertz CT molecular complexity index is 620. The van der Waals surface area contributed by atoms with Crippen molar-refractivity contribution in [2.24, 2.45) is 0 Å². The van der Waals surface area contributed by atoms with E-state index in [1.54, 1.807) is 0 Å². The van der Waals surface area contributed by atoms with Crippen molar-refractivity contribution in [1.29, 1.82) is 0 Å². The number of nitrogens with one attached hydrogen (secondary N) is 1. The van der Waals surface area contributed by atoms with Gasteiger partial charge in [0.2, 0.25) is 15.9 Å². The molecule has 0 unspecified atom stereocenters. The molecule has 1 N–H and O–H groups in total. The number of carbonyl (C=O) groups excluding carboxylic acids is 1. The topological polar surface area (TPSA) is 66.5 Å². The summed E-state index contributed by atoms with van der Waals surface area (Å²) in [7, 11) is -3.27. The molecule has 23 heavy (non-hydrogen) atoms. The monoisotopic (exact) mass is 338 g/mol. The fraction of sp³-hybridized carbons (Fsp3) is 0.588. The molecule has 0 heterocycles. The maximum atomic E-state index is 12.1. The fourth-order valence-corrected chi connectivity index (χ4v) is 4.25. The highest BCUT2D eigenvalue weighted by Gasteiger charge is 2.29. The summed E-state index contributed by atoms with van der Waals surface area (Å²) in [5.41, 5.74) is 1.96. The van der Waals surface area contributed by atoms with E-state index < -0.39 is 10.0 Å². The highest BCUT2D eigenvalue weighted by atomic mass is 32.2. The van der Waals surface area contributed by atoms with Crippen molar-refractivity contribution in [1.82, 2.24) is 4.31 Å². The van der Waals surface area contributed by atoms with Crippen molar-refractivity contribution in [3.63, 3.8) is 0 Å².